The number of rotatable bonds is 11. The van der Waals surface area contributed by atoms with Crippen molar-refractivity contribution < 1.29 is 18.6 Å². The van der Waals surface area contributed by atoms with Crippen molar-refractivity contribution in [3.05, 3.63) is 43.0 Å². The molecule has 0 saturated carbocycles. The minimum atomic E-state index is -3.64. The van der Waals surface area contributed by atoms with Gasteiger partial charge in [-0.15, -0.1) is 0 Å². The molecule has 0 radical (unpaired) electrons. The molecule has 1 unspecified atom stereocenters. The third-order valence-electron chi connectivity index (χ3n) is 4.71. The van der Waals surface area contributed by atoms with Crippen molar-refractivity contribution in [3.8, 4) is 5.75 Å². The predicted octanol–water partition coefficient (Wildman–Crippen LogP) is 4.08. The lowest BCUT2D eigenvalue weighted by Crippen LogP contribution is -2.45. The van der Waals surface area contributed by atoms with E-state index >= 15 is 0 Å². The molecule has 10 nitrogen and oxygen atoms in total. The van der Waals surface area contributed by atoms with Gasteiger partial charge in [0.25, 0.3) is 0 Å². The first-order chi connectivity index (χ1) is 16.0. The number of carbonyl (C=O) groups excluding carboxylic acids is 1. The van der Waals surface area contributed by atoms with E-state index in [1.165, 1.54) is 18.1 Å². The molecule has 0 fully saturated rings. The van der Waals surface area contributed by atoms with E-state index in [2.05, 4.69) is 20.0 Å². The van der Waals surface area contributed by atoms with Crippen LogP contribution in [0.25, 0.3) is 11.2 Å². The van der Waals surface area contributed by atoms with Crippen molar-refractivity contribution in [3.63, 3.8) is 0 Å². The lowest BCUT2D eigenvalue weighted by molar-refractivity contribution is -0.115. The Labute approximate surface area is 203 Å². The minimum absolute atomic E-state index is 0.0992. The number of fused-ring (bicyclic) bond motifs is 1. The fourth-order valence-corrected chi connectivity index (χ4v) is 6.03. The monoisotopic (exact) mass is 506 g/mol. The molecule has 184 valence electrons. The molecule has 1 aromatic carbocycles. The molecule has 0 bridgehead atoms. The second-order valence-electron chi connectivity index (χ2n) is 8.70. The summed E-state index contributed by atoms with van der Waals surface area (Å²) in [7, 11) is -3.64. The number of carbonyl (C=O) groups is 1. The number of nitrogen functional groups attached to an aromatic ring is 1. The van der Waals surface area contributed by atoms with Crippen LogP contribution in [0.4, 0.5) is 5.82 Å². The zero-order valence-corrected chi connectivity index (χ0v) is 21.7. The standard InChI is InChI=1S/C22H31N6O4PS/c1-15(2)34-21(29)22(4,5)27-33(30,32-17-9-7-6-8-10-17)14-31-16(3)11-28-13-26-18-19(23)24-12-25-20(18)28/h6-10,12-13,15-16H,11,14H2,1-5H3,(H,27,30)(H2,23,24,25)/t16-,33?/m1/s1. The van der Waals surface area contributed by atoms with E-state index < -0.39 is 13.1 Å². The molecule has 0 aliphatic carbocycles. The van der Waals surface area contributed by atoms with Crippen LogP contribution in [0.5, 0.6) is 5.75 Å². The topological polar surface area (TPSA) is 134 Å². The second kappa shape index (κ2) is 10.9. The maximum atomic E-state index is 13.9. The van der Waals surface area contributed by atoms with E-state index in [-0.39, 0.29) is 22.8 Å². The summed E-state index contributed by atoms with van der Waals surface area (Å²) >= 11 is 1.19. The fourth-order valence-electron chi connectivity index (χ4n) is 3.15. The summed E-state index contributed by atoms with van der Waals surface area (Å²) < 4.78 is 27.5. The van der Waals surface area contributed by atoms with Crippen molar-refractivity contribution in [1.82, 2.24) is 24.6 Å². The van der Waals surface area contributed by atoms with E-state index in [1.807, 2.05) is 26.8 Å². The van der Waals surface area contributed by atoms with Gasteiger partial charge in [-0.2, -0.15) is 0 Å². The van der Waals surface area contributed by atoms with Crippen molar-refractivity contribution in [1.29, 1.82) is 0 Å². The summed E-state index contributed by atoms with van der Waals surface area (Å²) in [6.45, 7) is 9.48. The van der Waals surface area contributed by atoms with Gasteiger partial charge in [0.05, 0.1) is 24.5 Å². The maximum absolute atomic E-state index is 13.9. The quantitative estimate of drug-likeness (QED) is 0.366. The number of nitrogens with two attached hydrogens (primary N) is 1. The van der Waals surface area contributed by atoms with Crippen LogP contribution in [0.1, 0.15) is 34.6 Å². The Morgan fingerprint density at radius 3 is 2.59 bits per heavy atom. The Bertz CT molecular complexity index is 1170. The van der Waals surface area contributed by atoms with Gasteiger partial charge in [0.15, 0.2) is 11.5 Å². The van der Waals surface area contributed by atoms with Crippen molar-refractivity contribution in [2.45, 2.75) is 58.1 Å². The molecule has 34 heavy (non-hydrogen) atoms. The summed E-state index contributed by atoms with van der Waals surface area (Å²) in [5.74, 6) is 0.718. The Morgan fingerprint density at radius 2 is 1.91 bits per heavy atom. The van der Waals surface area contributed by atoms with Crippen LogP contribution in [0.3, 0.4) is 0 Å². The highest BCUT2D eigenvalue weighted by molar-refractivity contribution is 8.14. The molecule has 3 N–H and O–H groups in total. The van der Waals surface area contributed by atoms with Gasteiger partial charge in [0.1, 0.15) is 23.9 Å². The van der Waals surface area contributed by atoms with Gasteiger partial charge in [0, 0.05) is 5.25 Å². The van der Waals surface area contributed by atoms with Crippen molar-refractivity contribution in [2.24, 2.45) is 0 Å². The highest BCUT2D eigenvalue weighted by Crippen LogP contribution is 2.46. The smallest absolute Gasteiger partial charge is 0.342 e. The molecule has 0 spiro atoms. The Hall–Kier alpha value is -2.46. The van der Waals surface area contributed by atoms with Crippen LogP contribution in [0.2, 0.25) is 0 Å². The van der Waals surface area contributed by atoms with Crippen molar-refractivity contribution in [2.75, 3.05) is 12.1 Å². The number of nitrogens with zero attached hydrogens (tertiary/aromatic N) is 4. The summed E-state index contributed by atoms with van der Waals surface area (Å²) in [6, 6.07) is 8.81. The van der Waals surface area contributed by atoms with Gasteiger partial charge in [0.2, 0.25) is 5.12 Å². The Kier molecular flexibility index (Phi) is 8.35. The van der Waals surface area contributed by atoms with Crippen LogP contribution in [0.15, 0.2) is 43.0 Å². The first kappa shape index (κ1) is 26.2. The molecular weight excluding hydrogens is 475 g/mol. The van der Waals surface area contributed by atoms with Crippen molar-refractivity contribution >= 4 is 41.4 Å². The number of aromatic nitrogens is 4. The number of imidazole rings is 1. The lowest BCUT2D eigenvalue weighted by atomic mass is 10.1. The van der Waals surface area contributed by atoms with Crippen LogP contribution < -0.4 is 15.3 Å². The normalized spacial score (nSPS) is 14.8. The summed E-state index contributed by atoms with van der Waals surface area (Å²) in [5, 5.41) is 2.93. The zero-order valence-electron chi connectivity index (χ0n) is 20.0. The Balaban J connectivity index is 1.74. The number of thioether (sulfide) groups is 1. The number of hydrogen-bond acceptors (Lipinski definition) is 9. The molecule has 0 saturated heterocycles. The molecule has 12 heteroatoms. The van der Waals surface area contributed by atoms with Crippen LogP contribution in [0, 0.1) is 0 Å². The first-order valence-corrected chi connectivity index (χ1v) is 13.6. The predicted molar refractivity (Wildman–Crippen MR) is 135 cm³/mol. The molecule has 0 amide bonds. The van der Waals surface area contributed by atoms with E-state index in [0.717, 1.165) is 0 Å². The van der Waals surface area contributed by atoms with Gasteiger partial charge in [-0.3, -0.25) is 9.36 Å². The average molecular weight is 507 g/mol. The molecule has 0 aliphatic heterocycles. The van der Waals surface area contributed by atoms with Gasteiger partial charge in [-0.25, -0.2) is 20.0 Å². The molecule has 2 aromatic heterocycles. The van der Waals surface area contributed by atoms with Crippen LogP contribution in [-0.2, 0) is 20.6 Å². The molecule has 3 rings (SSSR count). The zero-order chi connectivity index (χ0) is 24.9. The van der Waals surface area contributed by atoms with Gasteiger partial charge >= 0.3 is 7.52 Å². The second-order valence-corrected chi connectivity index (χ2v) is 12.3. The average Bonchev–Trinajstić information content (AvgIpc) is 3.16. The number of hydrogen-bond donors (Lipinski definition) is 2. The molecular formula is C22H31N6O4PS. The minimum Gasteiger partial charge on any atom is -0.431 e. The highest BCUT2D eigenvalue weighted by atomic mass is 32.2. The highest BCUT2D eigenvalue weighted by Gasteiger charge is 2.38. The summed E-state index contributed by atoms with van der Waals surface area (Å²) in [5.41, 5.74) is 5.85. The largest absolute Gasteiger partial charge is 0.431 e. The molecule has 2 heterocycles. The third kappa shape index (κ3) is 6.79. The number of anilines is 1. The van der Waals surface area contributed by atoms with Gasteiger partial charge < -0.3 is 19.6 Å². The van der Waals surface area contributed by atoms with E-state index in [9.17, 15) is 9.36 Å². The SMILES string of the molecule is CC(C)SC(=O)C(C)(C)NP(=O)(CO[C@H](C)Cn1cnc2c(N)ncnc21)Oc1ccccc1. The van der Waals surface area contributed by atoms with Crippen LogP contribution in [-0.4, -0.2) is 47.9 Å². The van der Waals surface area contributed by atoms with E-state index in [1.54, 1.807) is 49.0 Å². The van der Waals surface area contributed by atoms with Gasteiger partial charge in [-0.05, 0) is 32.9 Å². The van der Waals surface area contributed by atoms with Crippen LogP contribution >= 0.6 is 19.3 Å². The molecule has 3 aromatic rings. The summed E-state index contributed by atoms with van der Waals surface area (Å²) in [4.78, 5) is 25.2. The molecule has 2 atom stereocenters. The third-order valence-corrected chi connectivity index (χ3v) is 7.80. The first-order valence-electron chi connectivity index (χ1n) is 10.9. The lowest BCUT2D eigenvalue weighted by Gasteiger charge is -2.31. The number of ether oxygens (including phenoxy) is 1. The molecule has 0 aliphatic rings. The number of para-hydroxylation sites is 1. The summed E-state index contributed by atoms with van der Waals surface area (Å²) in [6.07, 6.45) is 2.38. The fraction of sp³-hybridized carbons (Fsp3) is 0.455. The van der Waals surface area contributed by atoms with Gasteiger partial charge in [-0.1, -0.05) is 43.8 Å². The maximum Gasteiger partial charge on any atom is 0.342 e. The number of benzene rings is 1. The Morgan fingerprint density at radius 1 is 1.21 bits per heavy atom. The number of nitrogens with one attached hydrogen (secondary N) is 1. The van der Waals surface area contributed by atoms with E-state index in [0.29, 0.717) is 29.3 Å². The van der Waals surface area contributed by atoms with E-state index in [4.69, 9.17) is 15.0 Å².